The second kappa shape index (κ2) is 3.98. The molecule has 1 aliphatic carbocycles. The fraction of sp³-hybridized carbons (Fsp3) is 0.667. The number of esters is 1. The highest BCUT2D eigenvalue weighted by Crippen LogP contribution is 2.33. The Hall–Kier alpha value is -1.43. The third-order valence-corrected chi connectivity index (χ3v) is 2.42. The zero-order chi connectivity index (χ0) is 10.8. The van der Waals surface area contributed by atoms with Crippen LogP contribution < -0.4 is 5.73 Å². The second-order valence-electron chi connectivity index (χ2n) is 3.75. The maximum Gasteiger partial charge on any atom is 0.303 e. The molecule has 2 rings (SSSR count). The van der Waals surface area contributed by atoms with Crippen LogP contribution in [-0.4, -0.2) is 22.2 Å². The maximum atomic E-state index is 10.5. The van der Waals surface area contributed by atoms with E-state index in [1.54, 1.807) is 0 Å². The third-order valence-electron chi connectivity index (χ3n) is 2.42. The summed E-state index contributed by atoms with van der Waals surface area (Å²) in [6.07, 6.45) is 1.79. The molecule has 82 valence electrons. The summed E-state index contributed by atoms with van der Waals surface area (Å²) in [4.78, 5) is 14.7. The Morgan fingerprint density at radius 3 is 3.00 bits per heavy atom. The molecule has 15 heavy (non-hydrogen) atoms. The Balaban J connectivity index is 1.89. The van der Waals surface area contributed by atoms with Crippen LogP contribution >= 0.6 is 0 Å². The number of carbonyl (C=O) groups excluding carboxylic acids is 1. The number of hydrogen-bond acceptors (Lipinski definition) is 6. The first-order valence-electron chi connectivity index (χ1n) is 4.86. The summed E-state index contributed by atoms with van der Waals surface area (Å²) in [5.41, 5.74) is 5.66. The van der Waals surface area contributed by atoms with Crippen molar-refractivity contribution in [3.05, 3.63) is 11.7 Å². The lowest BCUT2D eigenvalue weighted by molar-refractivity contribution is -0.143. The zero-order valence-electron chi connectivity index (χ0n) is 8.47. The predicted molar refractivity (Wildman–Crippen MR) is 49.7 cm³/mol. The lowest BCUT2D eigenvalue weighted by atomic mass is 9.80. The van der Waals surface area contributed by atoms with Crippen LogP contribution in [0, 0.1) is 0 Å². The Morgan fingerprint density at radius 2 is 2.40 bits per heavy atom. The summed E-state index contributed by atoms with van der Waals surface area (Å²) >= 11 is 0. The van der Waals surface area contributed by atoms with E-state index in [0.717, 1.165) is 12.8 Å². The first kappa shape index (κ1) is 10.1. The SMILES string of the molecule is CC(=O)OCc1nc(C2CC(N)C2)no1. The van der Waals surface area contributed by atoms with E-state index in [0.29, 0.717) is 17.6 Å². The highest BCUT2D eigenvalue weighted by Gasteiger charge is 2.31. The molecule has 0 aliphatic heterocycles. The van der Waals surface area contributed by atoms with Gasteiger partial charge in [0.2, 0.25) is 0 Å². The van der Waals surface area contributed by atoms with E-state index in [-0.39, 0.29) is 18.6 Å². The van der Waals surface area contributed by atoms with Crippen molar-refractivity contribution in [2.75, 3.05) is 0 Å². The number of hydrogen-bond donors (Lipinski definition) is 1. The van der Waals surface area contributed by atoms with Gasteiger partial charge < -0.3 is 15.0 Å². The molecular formula is C9H13N3O3. The molecule has 1 heterocycles. The van der Waals surface area contributed by atoms with Crippen molar-refractivity contribution in [2.45, 2.75) is 38.3 Å². The summed E-state index contributed by atoms with van der Waals surface area (Å²) in [6.45, 7) is 1.38. The zero-order valence-corrected chi connectivity index (χ0v) is 8.47. The van der Waals surface area contributed by atoms with Crippen LogP contribution in [0.4, 0.5) is 0 Å². The van der Waals surface area contributed by atoms with E-state index in [2.05, 4.69) is 10.1 Å². The standard InChI is InChI=1S/C9H13N3O3/c1-5(13)14-4-8-11-9(12-15-8)6-2-7(10)3-6/h6-7H,2-4,10H2,1H3. The number of rotatable bonds is 3. The number of nitrogens with two attached hydrogens (primary N) is 1. The first-order chi connectivity index (χ1) is 7.15. The smallest absolute Gasteiger partial charge is 0.303 e. The minimum atomic E-state index is -0.361. The molecule has 1 aromatic rings. The van der Waals surface area contributed by atoms with E-state index >= 15 is 0 Å². The second-order valence-corrected chi connectivity index (χ2v) is 3.75. The Labute approximate surface area is 86.8 Å². The molecule has 0 aromatic carbocycles. The lowest BCUT2D eigenvalue weighted by Gasteiger charge is -2.29. The van der Waals surface area contributed by atoms with Crippen LogP contribution in [0.3, 0.4) is 0 Å². The van der Waals surface area contributed by atoms with Crippen molar-refractivity contribution in [1.29, 1.82) is 0 Å². The summed E-state index contributed by atoms with van der Waals surface area (Å²) in [5, 5.41) is 3.82. The van der Waals surface area contributed by atoms with Crippen molar-refractivity contribution in [1.82, 2.24) is 10.1 Å². The maximum absolute atomic E-state index is 10.5. The number of carbonyl (C=O) groups is 1. The molecule has 0 bridgehead atoms. The van der Waals surface area contributed by atoms with Crippen LogP contribution in [0.25, 0.3) is 0 Å². The van der Waals surface area contributed by atoms with Crippen LogP contribution in [0.15, 0.2) is 4.52 Å². The van der Waals surface area contributed by atoms with Crippen LogP contribution in [-0.2, 0) is 16.1 Å². The minimum Gasteiger partial charge on any atom is -0.456 e. The van der Waals surface area contributed by atoms with Gasteiger partial charge >= 0.3 is 5.97 Å². The number of ether oxygens (including phenoxy) is 1. The molecule has 1 saturated carbocycles. The van der Waals surface area contributed by atoms with Gasteiger partial charge in [-0.1, -0.05) is 5.16 Å². The van der Waals surface area contributed by atoms with E-state index < -0.39 is 0 Å². The highest BCUT2D eigenvalue weighted by molar-refractivity contribution is 5.65. The molecule has 1 fully saturated rings. The summed E-state index contributed by atoms with van der Waals surface area (Å²) in [7, 11) is 0. The van der Waals surface area contributed by atoms with E-state index in [1.165, 1.54) is 6.92 Å². The van der Waals surface area contributed by atoms with Crippen molar-refractivity contribution >= 4 is 5.97 Å². The molecule has 6 nitrogen and oxygen atoms in total. The van der Waals surface area contributed by atoms with Gasteiger partial charge in [0.15, 0.2) is 12.4 Å². The van der Waals surface area contributed by atoms with Gasteiger partial charge in [-0.15, -0.1) is 0 Å². The van der Waals surface area contributed by atoms with Crippen molar-refractivity contribution in [3.63, 3.8) is 0 Å². The molecule has 1 aromatic heterocycles. The van der Waals surface area contributed by atoms with E-state index in [9.17, 15) is 4.79 Å². The lowest BCUT2D eigenvalue weighted by Crippen LogP contribution is -2.35. The normalized spacial score (nSPS) is 24.7. The van der Waals surface area contributed by atoms with Gasteiger partial charge in [-0.25, -0.2) is 0 Å². The quantitative estimate of drug-likeness (QED) is 0.725. The van der Waals surface area contributed by atoms with Gasteiger partial charge in [-0.3, -0.25) is 4.79 Å². The van der Waals surface area contributed by atoms with Crippen molar-refractivity contribution in [3.8, 4) is 0 Å². The Bertz CT molecular complexity index is 357. The minimum absolute atomic E-state index is 0.0428. The van der Waals surface area contributed by atoms with Gasteiger partial charge in [0, 0.05) is 18.9 Å². The van der Waals surface area contributed by atoms with Crippen molar-refractivity contribution < 1.29 is 14.1 Å². The van der Waals surface area contributed by atoms with Crippen LogP contribution in [0.1, 0.15) is 37.4 Å². The summed E-state index contributed by atoms with van der Waals surface area (Å²) < 4.78 is 9.66. The monoisotopic (exact) mass is 211 g/mol. The van der Waals surface area contributed by atoms with Gasteiger partial charge in [0.25, 0.3) is 5.89 Å². The summed E-state index contributed by atoms with van der Waals surface area (Å²) in [6, 6.07) is 0.255. The van der Waals surface area contributed by atoms with Gasteiger partial charge in [-0.05, 0) is 12.8 Å². The molecule has 2 N–H and O–H groups in total. The summed E-state index contributed by atoms with van der Waals surface area (Å²) in [5.74, 6) is 0.940. The molecular weight excluding hydrogens is 198 g/mol. The average Bonchev–Trinajstić information content (AvgIpc) is 2.57. The predicted octanol–water partition coefficient (Wildman–Crippen LogP) is 0.337. The first-order valence-corrected chi connectivity index (χ1v) is 4.86. The molecule has 0 atom stereocenters. The average molecular weight is 211 g/mol. The molecule has 1 aliphatic rings. The molecule has 0 radical (unpaired) electrons. The van der Waals surface area contributed by atoms with Gasteiger partial charge in [0.1, 0.15) is 0 Å². The third kappa shape index (κ3) is 2.33. The van der Waals surface area contributed by atoms with Crippen LogP contribution in [0.5, 0.6) is 0 Å². The van der Waals surface area contributed by atoms with Gasteiger partial charge in [0.05, 0.1) is 0 Å². The van der Waals surface area contributed by atoms with Gasteiger partial charge in [-0.2, -0.15) is 4.98 Å². The molecule has 0 saturated heterocycles. The fourth-order valence-electron chi connectivity index (χ4n) is 1.53. The molecule has 0 spiro atoms. The highest BCUT2D eigenvalue weighted by atomic mass is 16.6. The van der Waals surface area contributed by atoms with E-state index in [4.69, 9.17) is 15.0 Å². The molecule has 6 heteroatoms. The van der Waals surface area contributed by atoms with Crippen LogP contribution in [0.2, 0.25) is 0 Å². The topological polar surface area (TPSA) is 91.2 Å². The Kier molecular flexibility index (Phi) is 2.68. The van der Waals surface area contributed by atoms with Crippen molar-refractivity contribution in [2.24, 2.45) is 5.73 Å². The fourth-order valence-corrected chi connectivity index (χ4v) is 1.53. The Morgan fingerprint density at radius 1 is 1.67 bits per heavy atom. The number of nitrogens with zero attached hydrogens (tertiary/aromatic N) is 2. The molecule has 0 unspecified atom stereocenters. The molecule has 0 amide bonds. The van der Waals surface area contributed by atoms with E-state index in [1.807, 2.05) is 0 Å². The largest absolute Gasteiger partial charge is 0.456 e. The number of aromatic nitrogens is 2.